The van der Waals surface area contributed by atoms with E-state index in [0.717, 1.165) is 72.3 Å². The lowest BCUT2D eigenvalue weighted by Gasteiger charge is -2.34. The molecule has 0 spiro atoms. The third-order valence-electron chi connectivity index (χ3n) is 12.6. The number of furan rings is 1. The van der Waals surface area contributed by atoms with E-state index < -0.39 is 5.41 Å². The summed E-state index contributed by atoms with van der Waals surface area (Å²) >= 11 is 0. The van der Waals surface area contributed by atoms with E-state index in [1.165, 1.54) is 33.4 Å². The summed E-state index contributed by atoms with van der Waals surface area (Å²) in [7, 11) is 0. The molecule has 0 bridgehead atoms. The Labute approximate surface area is 360 Å². The Morgan fingerprint density at radius 1 is 0.306 bits per heavy atom. The molecular weight excluding hydrogens is 753 g/mol. The van der Waals surface area contributed by atoms with Crippen molar-refractivity contribution in [3.63, 3.8) is 0 Å². The Bertz CT molecular complexity index is 3410. The summed E-state index contributed by atoms with van der Waals surface area (Å²) in [6, 6.07) is 82.3. The maximum absolute atomic E-state index is 6.14. The van der Waals surface area contributed by atoms with Crippen molar-refractivity contribution in [1.29, 1.82) is 0 Å². The van der Waals surface area contributed by atoms with Gasteiger partial charge in [0, 0.05) is 27.5 Å². The van der Waals surface area contributed by atoms with Gasteiger partial charge in [-0.05, 0) is 92.0 Å². The molecule has 0 N–H and O–H groups in total. The van der Waals surface area contributed by atoms with Gasteiger partial charge in [-0.1, -0.05) is 194 Å². The number of benzene rings is 9. The molecular formula is C59H38N2O. The number of para-hydroxylation sites is 1. The Morgan fingerprint density at radius 2 is 0.790 bits per heavy atom. The first-order valence-corrected chi connectivity index (χ1v) is 21.1. The molecule has 2 heterocycles. The third-order valence-corrected chi connectivity index (χ3v) is 12.6. The summed E-state index contributed by atoms with van der Waals surface area (Å²) in [6.07, 6.45) is 0. The highest BCUT2D eigenvalue weighted by molar-refractivity contribution is 6.06. The molecule has 12 rings (SSSR count). The van der Waals surface area contributed by atoms with Gasteiger partial charge in [-0.25, -0.2) is 9.97 Å². The first-order valence-electron chi connectivity index (χ1n) is 21.1. The number of hydrogen-bond donors (Lipinski definition) is 0. The molecule has 3 heteroatoms. The number of aromatic nitrogens is 2. The van der Waals surface area contributed by atoms with Gasteiger partial charge < -0.3 is 4.42 Å². The van der Waals surface area contributed by atoms with Gasteiger partial charge in [-0.3, -0.25) is 0 Å². The summed E-state index contributed by atoms with van der Waals surface area (Å²) in [5.74, 6) is 0.688. The quantitative estimate of drug-likeness (QED) is 0.161. The molecule has 0 unspecified atom stereocenters. The fourth-order valence-electron chi connectivity index (χ4n) is 9.71. The number of nitrogens with zero attached hydrogens (tertiary/aromatic N) is 2. The van der Waals surface area contributed by atoms with Crippen molar-refractivity contribution in [1.82, 2.24) is 9.97 Å². The summed E-state index contributed by atoms with van der Waals surface area (Å²) in [5.41, 5.74) is 18.3. The molecule has 0 amide bonds. The van der Waals surface area contributed by atoms with Gasteiger partial charge in [0.2, 0.25) is 0 Å². The van der Waals surface area contributed by atoms with Gasteiger partial charge >= 0.3 is 0 Å². The average Bonchev–Trinajstić information content (AvgIpc) is 3.88. The summed E-state index contributed by atoms with van der Waals surface area (Å²) in [4.78, 5) is 10.4. The van der Waals surface area contributed by atoms with Crippen LogP contribution in [0.5, 0.6) is 0 Å². The van der Waals surface area contributed by atoms with Crippen LogP contribution in [0.3, 0.4) is 0 Å². The predicted octanol–water partition coefficient (Wildman–Crippen LogP) is 15.1. The molecule has 0 fully saturated rings. The van der Waals surface area contributed by atoms with Gasteiger partial charge in [-0.2, -0.15) is 0 Å². The Balaban J connectivity index is 0.940. The van der Waals surface area contributed by atoms with Crippen molar-refractivity contribution < 1.29 is 4.42 Å². The van der Waals surface area contributed by atoms with Crippen LogP contribution in [0.25, 0.3) is 89.2 Å². The van der Waals surface area contributed by atoms with Crippen molar-refractivity contribution >= 4 is 21.9 Å². The second-order valence-electron chi connectivity index (χ2n) is 16.1. The highest BCUT2D eigenvalue weighted by Gasteiger charge is 2.45. The molecule has 0 radical (unpaired) electrons. The van der Waals surface area contributed by atoms with Crippen LogP contribution in [-0.4, -0.2) is 9.97 Å². The lowest BCUT2D eigenvalue weighted by Crippen LogP contribution is -2.28. The Morgan fingerprint density at radius 3 is 1.47 bits per heavy atom. The standard InChI is InChI=1S/C59H38N2O/c1-3-15-40(16-4-1)58-60-54(38-55(61-58)45-20-14-18-42(36-45)43-31-34-57-51(37-43)50-25-9-12-28-56(50)62-57)44-19-13-17-41(35-44)39-29-32-47(33-30-39)59(46-21-5-2-6-22-46)52-26-10-7-23-48(52)49-24-8-11-27-53(49)59/h1-38H. The van der Waals surface area contributed by atoms with Crippen LogP contribution in [0, 0.1) is 0 Å². The van der Waals surface area contributed by atoms with Crippen LogP contribution in [0.1, 0.15) is 22.3 Å². The molecule has 1 aliphatic carbocycles. The van der Waals surface area contributed by atoms with Crippen LogP contribution < -0.4 is 0 Å². The second kappa shape index (κ2) is 14.5. The van der Waals surface area contributed by atoms with Crippen molar-refractivity contribution in [3.8, 4) is 67.3 Å². The summed E-state index contributed by atoms with van der Waals surface area (Å²) < 4.78 is 6.14. The van der Waals surface area contributed by atoms with Crippen LogP contribution in [0.15, 0.2) is 235 Å². The fourth-order valence-corrected chi connectivity index (χ4v) is 9.71. The predicted molar refractivity (Wildman–Crippen MR) is 254 cm³/mol. The molecule has 1 aliphatic rings. The van der Waals surface area contributed by atoms with E-state index in [1.54, 1.807) is 0 Å². The van der Waals surface area contributed by atoms with E-state index in [9.17, 15) is 0 Å². The fraction of sp³-hybridized carbons (Fsp3) is 0.0169. The number of fused-ring (bicyclic) bond motifs is 6. The molecule has 2 aromatic heterocycles. The van der Waals surface area contributed by atoms with Gasteiger partial charge in [0.1, 0.15) is 11.2 Å². The van der Waals surface area contributed by atoms with Crippen LogP contribution in [0.4, 0.5) is 0 Å². The van der Waals surface area contributed by atoms with Gasteiger partial charge in [0.15, 0.2) is 5.82 Å². The van der Waals surface area contributed by atoms with Crippen LogP contribution in [0.2, 0.25) is 0 Å². The SMILES string of the molecule is c1ccc(-c2nc(-c3cccc(-c4ccc(C5(c6ccccc6)c6ccccc6-c6ccccc65)cc4)c3)cc(-c3cccc(-c4ccc5oc6ccccc6c5c4)c3)n2)cc1. The largest absolute Gasteiger partial charge is 0.456 e. The molecule has 290 valence electrons. The molecule has 11 aromatic rings. The van der Waals surface area contributed by atoms with Crippen molar-refractivity contribution in [2.24, 2.45) is 0 Å². The Hall–Kier alpha value is -8.14. The van der Waals surface area contributed by atoms with E-state index in [4.69, 9.17) is 14.4 Å². The number of rotatable bonds is 7. The molecule has 0 atom stereocenters. The second-order valence-corrected chi connectivity index (χ2v) is 16.1. The smallest absolute Gasteiger partial charge is 0.160 e. The summed E-state index contributed by atoms with van der Waals surface area (Å²) in [5, 5.41) is 2.23. The molecule has 62 heavy (non-hydrogen) atoms. The van der Waals surface area contributed by atoms with E-state index in [-0.39, 0.29) is 0 Å². The highest BCUT2D eigenvalue weighted by Crippen LogP contribution is 2.56. The molecule has 0 saturated heterocycles. The first-order chi connectivity index (χ1) is 30.7. The highest BCUT2D eigenvalue weighted by atomic mass is 16.3. The van der Waals surface area contributed by atoms with E-state index in [1.807, 2.05) is 30.3 Å². The average molecular weight is 791 g/mol. The first kappa shape index (κ1) is 35.8. The minimum atomic E-state index is -0.433. The minimum absolute atomic E-state index is 0.433. The lowest BCUT2D eigenvalue weighted by atomic mass is 9.67. The zero-order valence-electron chi connectivity index (χ0n) is 33.7. The third kappa shape index (κ3) is 5.82. The van der Waals surface area contributed by atoms with Crippen molar-refractivity contribution in [2.45, 2.75) is 5.41 Å². The zero-order valence-corrected chi connectivity index (χ0v) is 33.7. The maximum Gasteiger partial charge on any atom is 0.160 e. The van der Waals surface area contributed by atoms with Gasteiger partial charge in [0.05, 0.1) is 16.8 Å². The topological polar surface area (TPSA) is 38.9 Å². The molecule has 3 nitrogen and oxygen atoms in total. The van der Waals surface area contributed by atoms with Gasteiger partial charge in [0.25, 0.3) is 0 Å². The van der Waals surface area contributed by atoms with Crippen molar-refractivity contribution in [2.75, 3.05) is 0 Å². The van der Waals surface area contributed by atoms with E-state index >= 15 is 0 Å². The van der Waals surface area contributed by atoms with E-state index in [0.29, 0.717) is 5.82 Å². The maximum atomic E-state index is 6.14. The van der Waals surface area contributed by atoms with Crippen LogP contribution >= 0.6 is 0 Å². The van der Waals surface area contributed by atoms with Crippen molar-refractivity contribution in [3.05, 3.63) is 253 Å². The normalized spacial score (nSPS) is 12.6. The summed E-state index contributed by atoms with van der Waals surface area (Å²) in [6.45, 7) is 0. The van der Waals surface area contributed by atoms with Gasteiger partial charge in [-0.15, -0.1) is 0 Å². The molecule has 0 saturated carbocycles. The lowest BCUT2D eigenvalue weighted by molar-refractivity contribution is 0.669. The van der Waals surface area contributed by atoms with Crippen LogP contribution in [-0.2, 0) is 5.41 Å². The zero-order chi connectivity index (χ0) is 41.0. The molecule has 0 aliphatic heterocycles. The molecule has 9 aromatic carbocycles. The van der Waals surface area contributed by atoms with E-state index in [2.05, 4.69) is 200 Å². The Kier molecular flexibility index (Phi) is 8.39. The monoisotopic (exact) mass is 790 g/mol. The minimum Gasteiger partial charge on any atom is -0.456 e. The number of hydrogen-bond acceptors (Lipinski definition) is 3.